The summed E-state index contributed by atoms with van der Waals surface area (Å²) in [5.74, 6) is -0.826. The molecule has 1 aliphatic heterocycles. The highest BCUT2D eigenvalue weighted by atomic mass is 32.2. The molecule has 3 atom stereocenters. The number of rotatable bonds is 10. The maximum Gasteiger partial charge on any atom is 0.415 e. The molecule has 2 aromatic rings. The number of ketones is 1. The van der Waals surface area contributed by atoms with E-state index in [-0.39, 0.29) is 23.7 Å². The zero-order valence-corrected chi connectivity index (χ0v) is 23.4. The lowest BCUT2D eigenvalue weighted by Crippen LogP contribution is -2.38. The van der Waals surface area contributed by atoms with E-state index in [2.05, 4.69) is 6.08 Å². The number of thioether (sulfide) groups is 1. The maximum absolute atomic E-state index is 13.6. The summed E-state index contributed by atoms with van der Waals surface area (Å²) in [4.78, 5) is 40.7. The van der Waals surface area contributed by atoms with Gasteiger partial charge in [-0.3, -0.25) is 4.79 Å². The Morgan fingerprint density at radius 3 is 2.38 bits per heavy atom. The van der Waals surface area contributed by atoms with Crippen LogP contribution in [0.15, 0.2) is 83.3 Å². The first kappa shape index (κ1) is 28.6. The number of ether oxygens (including phenoxy) is 2. The smallest absolute Gasteiger partial charge is 0.415 e. The van der Waals surface area contributed by atoms with Gasteiger partial charge in [-0.1, -0.05) is 54.1 Å². The molecule has 1 aliphatic carbocycles. The minimum absolute atomic E-state index is 0.0183. The van der Waals surface area contributed by atoms with E-state index < -0.39 is 17.7 Å². The minimum Gasteiger partial charge on any atom is -0.479 e. The number of hydrogen-bond donors (Lipinski definition) is 1. The molecule has 206 valence electrons. The minimum atomic E-state index is -1.26. The van der Waals surface area contributed by atoms with Crippen molar-refractivity contribution in [3.8, 4) is 5.75 Å². The fourth-order valence-corrected chi connectivity index (χ4v) is 5.34. The van der Waals surface area contributed by atoms with Crippen molar-refractivity contribution in [2.75, 3.05) is 19.3 Å². The van der Waals surface area contributed by atoms with Crippen LogP contribution in [0.3, 0.4) is 0 Å². The van der Waals surface area contributed by atoms with Crippen LogP contribution in [0.1, 0.15) is 43.5 Å². The standard InChI is InChI=1S/C31H35NO6S/c1-31(2,29(34)35)38-25-15-10-21(11-16-25)9-12-23-19-32(30(36)37-24-7-5-4-6-8-24)20-27(23)28(33)22-13-17-26(39-3)18-14-22/h4-8,10-11,13-15,17-18,23,25,27H,9,12,16,19-20H2,1-3H3,(H,34,35). The lowest BCUT2D eigenvalue weighted by atomic mass is 9.84. The van der Waals surface area contributed by atoms with Crippen molar-refractivity contribution in [2.45, 2.75) is 49.7 Å². The number of para-hydroxylation sites is 1. The van der Waals surface area contributed by atoms with Crippen LogP contribution in [0, 0.1) is 11.8 Å². The highest BCUT2D eigenvalue weighted by Gasteiger charge is 2.40. The Labute approximate surface area is 233 Å². The zero-order chi connectivity index (χ0) is 28.0. The predicted molar refractivity (Wildman–Crippen MR) is 151 cm³/mol. The molecule has 0 saturated carbocycles. The number of likely N-dealkylation sites (tertiary alicyclic amines) is 1. The summed E-state index contributed by atoms with van der Waals surface area (Å²) in [6.45, 7) is 3.85. The topological polar surface area (TPSA) is 93.1 Å². The number of amides is 1. The fraction of sp³-hybridized carbons (Fsp3) is 0.387. The number of Topliss-reactive ketones (excluding diaryl/α,β-unsaturated/α-hetero) is 1. The quantitative estimate of drug-likeness (QED) is 0.276. The third-order valence-electron chi connectivity index (χ3n) is 7.26. The van der Waals surface area contributed by atoms with Gasteiger partial charge in [-0.05, 0) is 69.5 Å². The number of nitrogens with zero attached hydrogens (tertiary/aromatic N) is 1. The van der Waals surface area contributed by atoms with E-state index in [1.807, 2.05) is 60.9 Å². The molecule has 1 N–H and O–H groups in total. The SMILES string of the molecule is CSc1ccc(C(=O)C2CN(C(=O)Oc3ccccc3)CC2CCC2=CCC(OC(C)(C)C(=O)O)C=C2)cc1. The summed E-state index contributed by atoms with van der Waals surface area (Å²) >= 11 is 1.62. The van der Waals surface area contributed by atoms with Gasteiger partial charge in [0.05, 0.1) is 6.10 Å². The van der Waals surface area contributed by atoms with E-state index in [0.29, 0.717) is 30.8 Å². The van der Waals surface area contributed by atoms with Gasteiger partial charge in [-0.15, -0.1) is 11.8 Å². The molecule has 0 aromatic heterocycles. The molecule has 1 fully saturated rings. The molecule has 2 aliphatic rings. The normalized spacial score (nSPS) is 20.9. The Hall–Kier alpha value is -3.36. The average Bonchev–Trinajstić information content (AvgIpc) is 3.37. The van der Waals surface area contributed by atoms with Gasteiger partial charge in [-0.2, -0.15) is 0 Å². The van der Waals surface area contributed by atoms with E-state index in [0.717, 1.165) is 23.3 Å². The maximum atomic E-state index is 13.6. The summed E-state index contributed by atoms with van der Waals surface area (Å²) < 4.78 is 11.3. The summed E-state index contributed by atoms with van der Waals surface area (Å²) in [6.07, 6.45) is 9.25. The van der Waals surface area contributed by atoms with Crippen LogP contribution >= 0.6 is 11.8 Å². The van der Waals surface area contributed by atoms with Gasteiger partial charge in [0.25, 0.3) is 0 Å². The lowest BCUT2D eigenvalue weighted by molar-refractivity contribution is -0.165. The van der Waals surface area contributed by atoms with Gasteiger partial charge in [0, 0.05) is 29.5 Å². The summed E-state index contributed by atoms with van der Waals surface area (Å²) in [5.41, 5.74) is 0.506. The summed E-state index contributed by atoms with van der Waals surface area (Å²) in [5, 5.41) is 9.32. The Morgan fingerprint density at radius 1 is 1.05 bits per heavy atom. The fourth-order valence-electron chi connectivity index (χ4n) is 4.93. The van der Waals surface area contributed by atoms with Crippen LogP contribution in [-0.4, -0.2) is 58.9 Å². The number of carbonyl (C=O) groups excluding carboxylic acids is 2. The number of carboxylic acid groups (broad SMARTS) is 1. The highest BCUT2D eigenvalue weighted by Crippen LogP contribution is 2.33. The monoisotopic (exact) mass is 549 g/mol. The molecule has 0 spiro atoms. The zero-order valence-electron chi connectivity index (χ0n) is 22.5. The van der Waals surface area contributed by atoms with Crippen LogP contribution in [0.2, 0.25) is 0 Å². The van der Waals surface area contributed by atoms with Crippen molar-refractivity contribution in [2.24, 2.45) is 11.8 Å². The number of carbonyl (C=O) groups is 3. The van der Waals surface area contributed by atoms with E-state index in [1.165, 1.54) is 0 Å². The van der Waals surface area contributed by atoms with Gasteiger partial charge < -0.3 is 19.5 Å². The molecule has 1 saturated heterocycles. The van der Waals surface area contributed by atoms with E-state index in [1.54, 1.807) is 42.6 Å². The third kappa shape index (κ3) is 7.40. The van der Waals surface area contributed by atoms with Crippen LogP contribution in [-0.2, 0) is 9.53 Å². The molecule has 0 radical (unpaired) electrons. The Morgan fingerprint density at radius 2 is 1.77 bits per heavy atom. The average molecular weight is 550 g/mol. The second kappa shape index (κ2) is 12.7. The van der Waals surface area contributed by atoms with E-state index >= 15 is 0 Å². The van der Waals surface area contributed by atoms with Gasteiger partial charge in [0.15, 0.2) is 11.4 Å². The van der Waals surface area contributed by atoms with Gasteiger partial charge >= 0.3 is 12.1 Å². The molecule has 4 rings (SSSR count). The summed E-state index contributed by atoms with van der Waals surface area (Å²) in [6, 6.07) is 16.6. The molecular weight excluding hydrogens is 514 g/mol. The number of hydrogen-bond acceptors (Lipinski definition) is 6. The van der Waals surface area contributed by atoms with E-state index in [9.17, 15) is 19.5 Å². The van der Waals surface area contributed by atoms with Crippen molar-refractivity contribution >= 4 is 29.6 Å². The van der Waals surface area contributed by atoms with Crippen molar-refractivity contribution < 1.29 is 29.0 Å². The van der Waals surface area contributed by atoms with Crippen molar-refractivity contribution in [1.29, 1.82) is 0 Å². The first-order valence-electron chi connectivity index (χ1n) is 13.1. The van der Waals surface area contributed by atoms with Crippen LogP contribution < -0.4 is 4.74 Å². The van der Waals surface area contributed by atoms with Crippen LogP contribution in [0.5, 0.6) is 5.75 Å². The molecule has 1 heterocycles. The number of allylic oxidation sites excluding steroid dienone is 2. The van der Waals surface area contributed by atoms with Crippen LogP contribution in [0.4, 0.5) is 4.79 Å². The molecule has 39 heavy (non-hydrogen) atoms. The first-order valence-corrected chi connectivity index (χ1v) is 14.4. The molecule has 3 unspecified atom stereocenters. The predicted octanol–water partition coefficient (Wildman–Crippen LogP) is 6.25. The lowest BCUT2D eigenvalue weighted by Gasteiger charge is -2.27. The van der Waals surface area contributed by atoms with Crippen LogP contribution in [0.25, 0.3) is 0 Å². The molecule has 7 nitrogen and oxygen atoms in total. The highest BCUT2D eigenvalue weighted by molar-refractivity contribution is 7.98. The van der Waals surface area contributed by atoms with Crippen molar-refractivity contribution in [3.63, 3.8) is 0 Å². The number of carboxylic acids is 1. The van der Waals surface area contributed by atoms with Crippen molar-refractivity contribution in [1.82, 2.24) is 4.90 Å². The Bertz CT molecular complexity index is 1240. The first-order chi connectivity index (χ1) is 18.7. The summed E-state index contributed by atoms with van der Waals surface area (Å²) in [7, 11) is 0. The Balaban J connectivity index is 1.42. The van der Waals surface area contributed by atoms with Gasteiger partial charge in [-0.25, -0.2) is 9.59 Å². The molecule has 8 heteroatoms. The molecular formula is C31H35NO6S. The van der Waals surface area contributed by atoms with Gasteiger partial charge in [0.2, 0.25) is 0 Å². The second-order valence-corrected chi connectivity index (χ2v) is 11.3. The number of aliphatic carboxylic acids is 1. The van der Waals surface area contributed by atoms with Gasteiger partial charge in [0.1, 0.15) is 5.75 Å². The van der Waals surface area contributed by atoms with Crippen molar-refractivity contribution in [3.05, 3.63) is 84.0 Å². The Kier molecular flexibility index (Phi) is 9.30. The molecule has 1 amide bonds. The number of benzene rings is 2. The molecule has 0 bridgehead atoms. The molecule has 2 aromatic carbocycles. The largest absolute Gasteiger partial charge is 0.479 e. The second-order valence-electron chi connectivity index (χ2n) is 10.4. The third-order valence-corrected chi connectivity index (χ3v) is 8.00. The van der Waals surface area contributed by atoms with E-state index in [4.69, 9.17) is 9.47 Å².